The van der Waals surface area contributed by atoms with E-state index in [0.717, 1.165) is 0 Å². The zero-order valence-electron chi connectivity index (χ0n) is 14.7. The van der Waals surface area contributed by atoms with Gasteiger partial charge in [-0.25, -0.2) is 4.79 Å². The highest BCUT2D eigenvalue weighted by Gasteiger charge is 2.27. The topological polar surface area (TPSA) is 116 Å². The number of aryl methyl sites for hydroxylation is 2. The minimum atomic E-state index is -0.917. The Labute approximate surface area is 154 Å². The van der Waals surface area contributed by atoms with Crippen LogP contribution in [0.3, 0.4) is 0 Å². The average molecular weight is 374 g/mol. The van der Waals surface area contributed by atoms with E-state index in [9.17, 15) is 14.4 Å². The second-order valence-electron chi connectivity index (χ2n) is 5.80. The molecule has 142 valence electrons. The Morgan fingerprint density at radius 3 is 2.59 bits per heavy atom. The molecule has 2 amide bonds. The fraction of sp³-hybridized carbons (Fsp3) is 0.278. The Balaban J connectivity index is 1.43. The summed E-state index contributed by atoms with van der Waals surface area (Å²) in [7, 11) is 0. The molecular weight excluding hydrogens is 356 g/mol. The summed E-state index contributed by atoms with van der Waals surface area (Å²) in [5, 5.41) is 0. The van der Waals surface area contributed by atoms with Crippen LogP contribution < -0.4 is 20.3 Å². The first-order chi connectivity index (χ1) is 12.9. The molecule has 0 spiro atoms. The predicted molar refractivity (Wildman–Crippen MR) is 91.1 cm³/mol. The molecule has 27 heavy (non-hydrogen) atoms. The van der Waals surface area contributed by atoms with Crippen LogP contribution in [0, 0.1) is 13.8 Å². The Bertz CT molecular complexity index is 874. The molecule has 1 aliphatic heterocycles. The summed E-state index contributed by atoms with van der Waals surface area (Å²) < 4.78 is 21.1. The van der Waals surface area contributed by atoms with Crippen molar-refractivity contribution in [2.75, 3.05) is 13.2 Å². The van der Waals surface area contributed by atoms with E-state index in [4.69, 9.17) is 18.6 Å². The summed E-state index contributed by atoms with van der Waals surface area (Å²) in [5.74, 6) is -0.0331. The van der Waals surface area contributed by atoms with Gasteiger partial charge in [0.2, 0.25) is 6.10 Å². The number of esters is 1. The molecule has 1 aromatic heterocycles. The molecule has 0 aliphatic carbocycles. The van der Waals surface area contributed by atoms with Crippen LogP contribution in [0.4, 0.5) is 0 Å². The van der Waals surface area contributed by atoms with Crippen molar-refractivity contribution in [2.24, 2.45) is 0 Å². The Hall–Kier alpha value is -3.49. The smallest absolute Gasteiger partial charge is 0.342 e. The van der Waals surface area contributed by atoms with Gasteiger partial charge in [-0.15, -0.1) is 0 Å². The van der Waals surface area contributed by atoms with Crippen LogP contribution in [0.5, 0.6) is 11.5 Å². The minimum Gasteiger partial charge on any atom is -0.485 e. The van der Waals surface area contributed by atoms with Crippen molar-refractivity contribution < 1.29 is 33.0 Å². The first-order valence-electron chi connectivity index (χ1n) is 8.15. The first kappa shape index (κ1) is 18.3. The quantitative estimate of drug-likeness (QED) is 0.607. The third-order valence-corrected chi connectivity index (χ3v) is 3.72. The number of carbonyl (C=O) groups is 3. The number of hydrogen-bond donors (Lipinski definition) is 2. The summed E-state index contributed by atoms with van der Waals surface area (Å²) >= 11 is 0. The van der Waals surface area contributed by atoms with E-state index in [1.807, 2.05) is 0 Å². The van der Waals surface area contributed by atoms with Gasteiger partial charge >= 0.3 is 5.97 Å². The SMILES string of the molecule is Cc1cc(C(=O)OCC(=O)NNC(=O)[C@@H]2COc3ccccc3O2)c(C)o1. The molecule has 0 saturated carbocycles. The molecular formula is C18H18N2O7. The summed E-state index contributed by atoms with van der Waals surface area (Å²) in [6.07, 6.45) is -0.917. The maximum atomic E-state index is 12.1. The Morgan fingerprint density at radius 1 is 1.15 bits per heavy atom. The standard InChI is InChI=1S/C18H18N2O7/c1-10-7-12(11(2)26-10)18(23)25-9-16(21)19-20-17(22)15-8-24-13-5-3-4-6-14(13)27-15/h3-7,15H,8-9H2,1-2H3,(H,19,21)(H,20,22)/t15-/m0/s1. The number of fused-ring (bicyclic) bond motifs is 1. The van der Waals surface area contributed by atoms with Crippen molar-refractivity contribution >= 4 is 17.8 Å². The molecule has 0 saturated heterocycles. The molecule has 0 unspecified atom stereocenters. The van der Waals surface area contributed by atoms with Gasteiger partial charge in [-0.05, 0) is 32.0 Å². The zero-order valence-corrected chi connectivity index (χ0v) is 14.7. The summed E-state index contributed by atoms with van der Waals surface area (Å²) in [6.45, 7) is 2.76. The normalized spacial score (nSPS) is 15.0. The van der Waals surface area contributed by atoms with Crippen LogP contribution in [0.2, 0.25) is 0 Å². The van der Waals surface area contributed by atoms with E-state index < -0.39 is 30.5 Å². The van der Waals surface area contributed by atoms with E-state index in [0.29, 0.717) is 23.0 Å². The van der Waals surface area contributed by atoms with Crippen LogP contribution in [-0.4, -0.2) is 37.1 Å². The summed E-state index contributed by atoms with van der Waals surface area (Å²) in [5.41, 5.74) is 4.61. The van der Waals surface area contributed by atoms with Crippen molar-refractivity contribution in [3.63, 3.8) is 0 Å². The average Bonchev–Trinajstić information content (AvgIpc) is 3.01. The van der Waals surface area contributed by atoms with Crippen molar-refractivity contribution in [2.45, 2.75) is 20.0 Å². The van der Waals surface area contributed by atoms with Crippen molar-refractivity contribution in [3.05, 3.63) is 47.4 Å². The first-order valence-corrected chi connectivity index (χ1v) is 8.15. The van der Waals surface area contributed by atoms with E-state index in [-0.39, 0.29) is 12.2 Å². The summed E-state index contributed by atoms with van der Waals surface area (Å²) in [6, 6.07) is 8.46. The van der Waals surface area contributed by atoms with Gasteiger partial charge in [-0.2, -0.15) is 0 Å². The molecule has 2 heterocycles. The number of hydrogen-bond acceptors (Lipinski definition) is 7. The molecule has 0 bridgehead atoms. The monoisotopic (exact) mass is 374 g/mol. The van der Waals surface area contributed by atoms with Crippen LogP contribution in [-0.2, 0) is 14.3 Å². The third-order valence-electron chi connectivity index (χ3n) is 3.72. The highest BCUT2D eigenvalue weighted by molar-refractivity contribution is 5.92. The molecule has 1 atom stereocenters. The lowest BCUT2D eigenvalue weighted by molar-refractivity contribution is -0.135. The number of amides is 2. The fourth-order valence-electron chi connectivity index (χ4n) is 2.44. The Kier molecular flexibility index (Phi) is 5.30. The number of rotatable bonds is 4. The number of carbonyl (C=O) groups excluding carboxylic acids is 3. The van der Waals surface area contributed by atoms with Gasteiger partial charge in [0.05, 0.1) is 0 Å². The van der Waals surface area contributed by atoms with Crippen LogP contribution in [0.15, 0.2) is 34.7 Å². The van der Waals surface area contributed by atoms with Crippen LogP contribution in [0.25, 0.3) is 0 Å². The van der Waals surface area contributed by atoms with Crippen molar-refractivity contribution in [3.8, 4) is 11.5 Å². The number of nitrogens with one attached hydrogen (secondary N) is 2. The molecule has 1 aromatic carbocycles. The van der Waals surface area contributed by atoms with E-state index in [2.05, 4.69) is 10.9 Å². The second-order valence-corrected chi connectivity index (χ2v) is 5.80. The van der Waals surface area contributed by atoms with Gasteiger partial charge in [0.1, 0.15) is 23.7 Å². The lowest BCUT2D eigenvalue weighted by Gasteiger charge is -2.25. The van der Waals surface area contributed by atoms with E-state index in [1.54, 1.807) is 38.1 Å². The highest BCUT2D eigenvalue weighted by atomic mass is 16.6. The number of benzene rings is 1. The fourth-order valence-corrected chi connectivity index (χ4v) is 2.44. The minimum absolute atomic E-state index is 0.00677. The maximum Gasteiger partial charge on any atom is 0.342 e. The zero-order chi connectivity index (χ0) is 19.4. The van der Waals surface area contributed by atoms with E-state index >= 15 is 0 Å². The van der Waals surface area contributed by atoms with E-state index in [1.165, 1.54) is 6.07 Å². The molecule has 0 radical (unpaired) electrons. The lowest BCUT2D eigenvalue weighted by Crippen LogP contribution is -2.51. The van der Waals surface area contributed by atoms with Gasteiger partial charge in [-0.1, -0.05) is 12.1 Å². The van der Waals surface area contributed by atoms with Crippen molar-refractivity contribution in [1.29, 1.82) is 0 Å². The molecule has 2 aromatic rings. The molecule has 9 nitrogen and oxygen atoms in total. The summed E-state index contributed by atoms with van der Waals surface area (Å²) in [4.78, 5) is 35.7. The Morgan fingerprint density at radius 2 is 1.89 bits per heavy atom. The second kappa shape index (κ2) is 7.81. The maximum absolute atomic E-state index is 12.1. The van der Waals surface area contributed by atoms with Gasteiger partial charge in [-0.3, -0.25) is 20.4 Å². The van der Waals surface area contributed by atoms with Crippen molar-refractivity contribution in [1.82, 2.24) is 10.9 Å². The van der Waals surface area contributed by atoms with Gasteiger partial charge in [0.15, 0.2) is 18.1 Å². The molecule has 3 rings (SSSR count). The van der Waals surface area contributed by atoms with Gasteiger partial charge < -0.3 is 18.6 Å². The van der Waals surface area contributed by atoms with Crippen LogP contribution >= 0.6 is 0 Å². The molecule has 1 aliphatic rings. The van der Waals surface area contributed by atoms with Gasteiger partial charge in [0, 0.05) is 0 Å². The lowest BCUT2D eigenvalue weighted by atomic mass is 10.2. The number of para-hydroxylation sites is 2. The number of hydrazine groups is 1. The molecule has 2 N–H and O–H groups in total. The number of ether oxygens (including phenoxy) is 3. The number of furan rings is 1. The van der Waals surface area contributed by atoms with Crippen LogP contribution in [0.1, 0.15) is 21.9 Å². The van der Waals surface area contributed by atoms with Gasteiger partial charge in [0.25, 0.3) is 11.8 Å². The highest BCUT2D eigenvalue weighted by Crippen LogP contribution is 2.30. The molecule has 9 heteroatoms. The largest absolute Gasteiger partial charge is 0.485 e. The predicted octanol–water partition coefficient (Wildman–Crippen LogP) is 1.04. The molecule has 0 fully saturated rings. The third kappa shape index (κ3) is 4.38.